The van der Waals surface area contributed by atoms with Gasteiger partial charge in [-0.15, -0.1) is 0 Å². The van der Waals surface area contributed by atoms with Gasteiger partial charge < -0.3 is 9.67 Å². The van der Waals surface area contributed by atoms with Gasteiger partial charge in [0, 0.05) is 17.5 Å². The zero-order valence-electron chi connectivity index (χ0n) is 13.0. The fraction of sp³-hybridized carbons (Fsp3) is 0.111. The molecule has 1 heterocycles. The van der Waals surface area contributed by atoms with Crippen molar-refractivity contribution in [3.8, 4) is 11.3 Å². The summed E-state index contributed by atoms with van der Waals surface area (Å²) in [6.07, 6.45) is 0. The van der Waals surface area contributed by atoms with E-state index in [1.54, 1.807) is 17.6 Å². The molecule has 1 aromatic heterocycles. The van der Waals surface area contributed by atoms with Crippen LogP contribution in [0.3, 0.4) is 0 Å². The van der Waals surface area contributed by atoms with Crippen LogP contribution in [0.15, 0.2) is 41.2 Å². The van der Waals surface area contributed by atoms with E-state index in [-0.39, 0.29) is 16.1 Å². The fourth-order valence-electron chi connectivity index (χ4n) is 2.89. The molecule has 3 aromatic rings. The Kier molecular flexibility index (Phi) is 4.54. The average molecular weight is 380 g/mol. The van der Waals surface area contributed by atoms with E-state index < -0.39 is 22.8 Å². The van der Waals surface area contributed by atoms with E-state index in [1.165, 1.54) is 24.3 Å². The number of fused-ring (bicyclic) bond motifs is 1. The van der Waals surface area contributed by atoms with Gasteiger partial charge in [-0.25, -0.2) is 9.18 Å². The second-order valence-electron chi connectivity index (χ2n) is 5.39. The largest absolute Gasteiger partial charge is 0.477 e. The van der Waals surface area contributed by atoms with Gasteiger partial charge >= 0.3 is 5.97 Å². The maximum absolute atomic E-state index is 13.6. The number of aromatic nitrogens is 1. The Labute approximate surface area is 152 Å². The summed E-state index contributed by atoms with van der Waals surface area (Å²) in [5.41, 5.74) is -0.0827. The lowest BCUT2D eigenvalue weighted by molar-refractivity contribution is 0.0696. The van der Waals surface area contributed by atoms with E-state index in [9.17, 15) is 19.1 Å². The minimum absolute atomic E-state index is 0.0167. The minimum Gasteiger partial charge on any atom is -0.477 e. The molecule has 0 bridgehead atoms. The minimum atomic E-state index is -1.39. The predicted octanol–water partition coefficient (Wildman–Crippen LogP) is 4.83. The molecular formula is C18H12Cl2FNO3. The molecule has 0 spiro atoms. The summed E-state index contributed by atoms with van der Waals surface area (Å²) < 4.78 is 15.2. The predicted molar refractivity (Wildman–Crippen MR) is 96.3 cm³/mol. The number of carboxylic acid groups (broad SMARTS) is 1. The van der Waals surface area contributed by atoms with Crippen LogP contribution < -0.4 is 5.43 Å². The Balaban J connectivity index is 2.54. The summed E-state index contributed by atoms with van der Waals surface area (Å²) >= 11 is 12.0. The highest BCUT2D eigenvalue weighted by molar-refractivity contribution is 6.42. The van der Waals surface area contributed by atoms with Crippen molar-refractivity contribution in [2.75, 3.05) is 0 Å². The summed E-state index contributed by atoms with van der Waals surface area (Å²) in [4.78, 5) is 24.5. The van der Waals surface area contributed by atoms with Gasteiger partial charge in [-0.3, -0.25) is 4.79 Å². The number of hydrogen-bond donors (Lipinski definition) is 1. The molecule has 0 aliphatic heterocycles. The number of rotatable bonds is 3. The third-order valence-corrected chi connectivity index (χ3v) is 4.69. The van der Waals surface area contributed by atoms with Crippen molar-refractivity contribution >= 4 is 40.1 Å². The quantitative estimate of drug-likeness (QED) is 0.708. The van der Waals surface area contributed by atoms with Crippen LogP contribution in [0.1, 0.15) is 17.3 Å². The van der Waals surface area contributed by atoms with E-state index in [0.717, 1.165) is 6.07 Å². The summed E-state index contributed by atoms with van der Waals surface area (Å²) in [6.45, 7) is 2.18. The molecule has 0 radical (unpaired) electrons. The molecule has 0 saturated heterocycles. The Bertz CT molecular complexity index is 1080. The van der Waals surface area contributed by atoms with Gasteiger partial charge in [0.1, 0.15) is 11.4 Å². The van der Waals surface area contributed by atoms with Crippen LogP contribution in [0.4, 0.5) is 4.39 Å². The molecule has 3 rings (SSSR count). The number of aryl methyl sites for hydroxylation is 1. The normalized spacial score (nSPS) is 11.0. The van der Waals surface area contributed by atoms with Crippen LogP contribution in [0.2, 0.25) is 10.0 Å². The molecule has 0 saturated carbocycles. The van der Waals surface area contributed by atoms with E-state index >= 15 is 0 Å². The molecule has 0 aliphatic carbocycles. The van der Waals surface area contributed by atoms with Gasteiger partial charge in [0.2, 0.25) is 5.43 Å². The van der Waals surface area contributed by atoms with Gasteiger partial charge in [0.15, 0.2) is 0 Å². The maximum atomic E-state index is 13.6. The molecule has 1 N–H and O–H groups in total. The number of carbonyl (C=O) groups is 1. The van der Waals surface area contributed by atoms with Crippen LogP contribution in [0.25, 0.3) is 22.2 Å². The highest BCUT2D eigenvalue weighted by Crippen LogP contribution is 2.31. The molecule has 0 unspecified atom stereocenters. The lowest BCUT2D eigenvalue weighted by atomic mass is 10.0. The van der Waals surface area contributed by atoms with Crippen LogP contribution in [0, 0.1) is 5.82 Å². The van der Waals surface area contributed by atoms with Crippen LogP contribution in [-0.2, 0) is 6.54 Å². The first-order valence-corrected chi connectivity index (χ1v) is 8.15. The van der Waals surface area contributed by atoms with E-state index in [2.05, 4.69) is 0 Å². The first-order chi connectivity index (χ1) is 11.8. The van der Waals surface area contributed by atoms with Gasteiger partial charge in [0.25, 0.3) is 0 Å². The molecule has 0 amide bonds. The highest BCUT2D eigenvalue weighted by atomic mass is 35.5. The van der Waals surface area contributed by atoms with Gasteiger partial charge in [-0.05, 0) is 37.3 Å². The summed E-state index contributed by atoms with van der Waals surface area (Å²) in [6, 6.07) is 8.37. The fourth-order valence-corrected chi connectivity index (χ4v) is 3.19. The van der Waals surface area contributed by atoms with Crippen LogP contribution in [0.5, 0.6) is 0 Å². The first kappa shape index (κ1) is 17.5. The SMILES string of the molecule is CCn1c(-c2ccc(Cl)c(Cl)c2)c(C(=O)O)c(=O)c2cc(F)ccc21. The number of carboxylic acids is 1. The lowest BCUT2D eigenvalue weighted by Crippen LogP contribution is -2.22. The molecule has 0 aliphatic rings. The van der Waals surface area contributed by atoms with E-state index in [4.69, 9.17) is 23.2 Å². The van der Waals surface area contributed by atoms with Gasteiger partial charge in [-0.2, -0.15) is 0 Å². The second-order valence-corrected chi connectivity index (χ2v) is 6.21. The lowest BCUT2D eigenvalue weighted by Gasteiger charge is -2.18. The van der Waals surface area contributed by atoms with Crippen molar-refractivity contribution in [3.63, 3.8) is 0 Å². The standard InChI is InChI=1S/C18H12Cl2FNO3/c1-2-22-14-6-4-10(21)8-11(14)17(23)15(18(24)25)16(22)9-3-5-12(19)13(20)7-9/h3-8H,2H2,1H3,(H,24,25). The maximum Gasteiger partial charge on any atom is 0.341 e. The van der Waals surface area contributed by atoms with Gasteiger partial charge in [0.05, 0.1) is 21.3 Å². The number of pyridine rings is 1. The Morgan fingerprint density at radius 2 is 1.88 bits per heavy atom. The zero-order valence-corrected chi connectivity index (χ0v) is 14.5. The van der Waals surface area contributed by atoms with Crippen molar-refractivity contribution in [1.29, 1.82) is 0 Å². The van der Waals surface area contributed by atoms with Crippen LogP contribution >= 0.6 is 23.2 Å². The Morgan fingerprint density at radius 1 is 1.16 bits per heavy atom. The molecule has 128 valence electrons. The van der Waals surface area contributed by atoms with Crippen molar-refractivity contribution in [3.05, 3.63) is 68.0 Å². The third kappa shape index (κ3) is 2.90. The second kappa shape index (κ2) is 6.50. The number of halogens is 3. The van der Waals surface area contributed by atoms with Crippen molar-refractivity contribution < 1.29 is 14.3 Å². The highest BCUT2D eigenvalue weighted by Gasteiger charge is 2.23. The van der Waals surface area contributed by atoms with Gasteiger partial charge in [-0.1, -0.05) is 29.3 Å². The molecular weight excluding hydrogens is 368 g/mol. The summed E-state index contributed by atoms with van der Waals surface area (Å²) in [5.74, 6) is -2.00. The molecule has 25 heavy (non-hydrogen) atoms. The molecule has 0 atom stereocenters. The van der Waals surface area contributed by atoms with E-state index in [0.29, 0.717) is 22.6 Å². The Hall–Kier alpha value is -2.37. The number of nitrogens with zero attached hydrogens (tertiary/aromatic N) is 1. The first-order valence-electron chi connectivity index (χ1n) is 7.40. The molecule has 4 nitrogen and oxygen atoms in total. The summed E-state index contributed by atoms with van der Waals surface area (Å²) in [7, 11) is 0. The van der Waals surface area contributed by atoms with E-state index in [1.807, 2.05) is 0 Å². The third-order valence-electron chi connectivity index (χ3n) is 3.95. The summed E-state index contributed by atoms with van der Waals surface area (Å²) in [5, 5.41) is 10.2. The number of hydrogen-bond acceptors (Lipinski definition) is 2. The topological polar surface area (TPSA) is 59.3 Å². The molecule has 7 heteroatoms. The monoisotopic (exact) mass is 379 g/mol. The molecule has 0 fully saturated rings. The van der Waals surface area contributed by atoms with Crippen molar-refractivity contribution in [2.45, 2.75) is 13.5 Å². The van der Waals surface area contributed by atoms with Crippen molar-refractivity contribution in [1.82, 2.24) is 4.57 Å². The van der Waals surface area contributed by atoms with Crippen molar-refractivity contribution in [2.24, 2.45) is 0 Å². The number of benzene rings is 2. The number of aromatic carboxylic acids is 1. The Morgan fingerprint density at radius 3 is 2.48 bits per heavy atom. The smallest absolute Gasteiger partial charge is 0.341 e. The average Bonchev–Trinajstić information content (AvgIpc) is 2.57. The van der Waals surface area contributed by atoms with Crippen LogP contribution in [-0.4, -0.2) is 15.6 Å². The zero-order chi connectivity index (χ0) is 18.3. The molecule has 2 aromatic carbocycles.